The predicted molar refractivity (Wildman–Crippen MR) is 69.0 cm³/mol. The Balaban J connectivity index is 1.71. The molecule has 1 amide bonds. The first-order valence-corrected chi connectivity index (χ1v) is 7.36. The van der Waals surface area contributed by atoms with Crippen LogP contribution >= 0.6 is 0 Å². The van der Waals surface area contributed by atoms with Gasteiger partial charge in [-0.3, -0.25) is 15.1 Å². The summed E-state index contributed by atoms with van der Waals surface area (Å²) >= 11 is 0. The molecule has 0 aromatic rings. The van der Waals surface area contributed by atoms with E-state index >= 15 is 0 Å². The van der Waals surface area contributed by atoms with Gasteiger partial charge in [-0.15, -0.1) is 0 Å². The van der Waals surface area contributed by atoms with Crippen LogP contribution in [0.5, 0.6) is 0 Å². The molecule has 5 rings (SSSR count). The molecule has 5 fully saturated rings. The molecule has 1 aliphatic heterocycles. The molecule has 4 heteroatoms. The van der Waals surface area contributed by atoms with Crippen molar-refractivity contribution in [2.75, 3.05) is 6.54 Å². The van der Waals surface area contributed by atoms with Gasteiger partial charge in [0.1, 0.15) is 5.54 Å². The second kappa shape index (κ2) is 3.49. The van der Waals surface area contributed by atoms with E-state index in [2.05, 4.69) is 15.6 Å². The van der Waals surface area contributed by atoms with Crippen molar-refractivity contribution < 1.29 is 4.79 Å². The Kier molecular flexibility index (Phi) is 2.10. The largest absolute Gasteiger partial charge is 0.341 e. The number of carbonyl (C=O) groups is 1. The molecule has 98 valence electrons. The molecule has 4 nitrogen and oxygen atoms in total. The highest BCUT2D eigenvalue weighted by atomic mass is 16.2. The van der Waals surface area contributed by atoms with Crippen molar-refractivity contribution in [2.45, 2.75) is 44.6 Å². The Labute approximate surface area is 108 Å². The number of carbonyl (C=O) groups excluding carboxylic acids is 1. The number of nitrogens with zero attached hydrogens (tertiary/aromatic N) is 1. The minimum atomic E-state index is -0.304. The van der Waals surface area contributed by atoms with Crippen molar-refractivity contribution in [1.82, 2.24) is 10.6 Å². The third kappa shape index (κ3) is 1.21. The fraction of sp³-hybridized carbons (Fsp3) is 0.857. The van der Waals surface area contributed by atoms with Gasteiger partial charge in [-0.1, -0.05) is 0 Å². The first-order valence-electron chi connectivity index (χ1n) is 7.36. The maximum Gasteiger partial charge on any atom is 0.252 e. The molecule has 2 N–H and O–H groups in total. The van der Waals surface area contributed by atoms with Crippen LogP contribution in [0.4, 0.5) is 0 Å². The summed E-state index contributed by atoms with van der Waals surface area (Å²) in [7, 11) is 0. The third-order valence-electron chi connectivity index (χ3n) is 5.68. The third-order valence-corrected chi connectivity index (χ3v) is 5.68. The number of guanidine groups is 1. The molecule has 1 heterocycles. The van der Waals surface area contributed by atoms with E-state index < -0.39 is 0 Å². The van der Waals surface area contributed by atoms with Crippen LogP contribution in [0.15, 0.2) is 4.99 Å². The molecule has 4 saturated carbocycles. The summed E-state index contributed by atoms with van der Waals surface area (Å²) in [6.07, 6.45) is 6.39. The van der Waals surface area contributed by atoms with Gasteiger partial charge in [-0.2, -0.15) is 0 Å². The lowest BCUT2D eigenvalue weighted by Crippen LogP contribution is -2.66. The van der Waals surface area contributed by atoms with Crippen molar-refractivity contribution in [3.8, 4) is 0 Å². The normalized spacial score (nSPS) is 50.9. The van der Waals surface area contributed by atoms with Crippen LogP contribution < -0.4 is 10.6 Å². The first kappa shape index (κ1) is 10.8. The highest BCUT2D eigenvalue weighted by molar-refractivity contribution is 6.09. The molecule has 18 heavy (non-hydrogen) atoms. The maximum absolute atomic E-state index is 12.5. The molecule has 0 radical (unpaired) electrons. The Morgan fingerprint density at radius 2 is 1.78 bits per heavy atom. The molecule has 4 aliphatic carbocycles. The molecule has 0 aromatic heterocycles. The minimum absolute atomic E-state index is 0.198. The summed E-state index contributed by atoms with van der Waals surface area (Å²) in [6.45, 7) is 2.72. The van der Waals surface area contributed by atoms with Gasteiger partial charge in [0, 0.05) is 6.54 Å². The van der Waals surface area contributed by atoms with Crippen molar-refractivity contribution in [3.05, 3.63) is 0 Å². The van der Waals surface area contributed by atoms with Crippen molar-refractivity contribution in [1.29, 1.82) is 0 Å². The monoisotopic (exact) mass is 247 g/mol. The lowest BCUT2D eigenvalue weighted by Gasteiger charge is -2.58. The Bertz CT molecular complexity index is 401. The number of hydrogen-bond acceptors (Lipinski definition) is 2. The van der Waals surface area contributed by atoms with Crippen molar-refractivity contribution >= 4 is 11.9 Å². The van der Waals surface area contributed by atoms with Crippen LogP contribution in [0.1, 0.15) is 39.0 Å². The van der Waals surface area contributed by atoms with Gasteiger partial charge >= 0.3 is 0 Å². The first-order chi connectivity index (χ1) is 8.72. The number of nitrogens with one attached hydrogen (secondary N) is 2. The predicted octanol–water partition coefficient (Wildman–Crippen LogP) is 1.28. The second-order valence-electron chi connectivity index (χ2n) is 6.58. The zero-order valence-electron chi connectivity index (χ0n) is 10.9. The van der Waals surface area contributed by atoms with E-state index in [4.69, 9.17) is 0 Å². The van der Waals surface area contributed by atoms with E-state index in [-0.39, 0.29) is 11.4 Å². The molecular formula is C14H21N3O. The number of rotatable bonds is 1. The van der Waals surface area contributed by atoms with Gasteiger partial charge in [0.25, 0.3) is 5.91 Å². The second-order valence-corrected chi connectivity index (χ2v) is 6.58. The van der Waals surface area contributed by atoms with Gasteiger partial charge in [-0.05, 0) is 62.7 Å². The number of amides is 1. The highest BCUT2D eigenvalue weighted by Gasteiger charge is 2.63. The van der Waals surface area contributed by atoms with Crippen molar-refractivity contribution in [2.24, 2.45) is 28.7 Å². The standard InChI is InChI=1S/C14H21N3O/c1-2-15-13-16-12(18)14(17-13)10-4-8-3-9(6-10)7-11(14)5-8/h8-11H,2-7H2,1H3,(H2,15,16,17,18). The zero-order valence-corrected chi connectivity index (χ0v) is 10.9. The fourth-order valence-electron chi connectivity index (χ4n) is 5.23. The quantitative estimate of drug-likeness (QED) is 0.733. The van der Waals surface area contributed by atoms with Crippen LogP contribution in [0.25, 0.3) is 0 Å². The number of aliphatic imine (C=N–C) groups is 1. The molecule has 4 bridgehead atoms. The van der Waals surface area contributed by atoms with Gasteiger partial charge in [0.2, 0.25) is 0 Å². The van der Waals surface area contributed by atoms with Crippen LogP contribution in [0.3, 0.4) is 0 Å². The van der Waals surface area contributed by atoms with E-state index in [0.29, 0.717) is 11.8 Å². The summed E-state index contributed by atoms with van der Waals surface area (Å²) in [5, 5.41) is 6.46. The summed E-state index contributed by atoms with van der Waals surface area (Å²) < 4.78 is 0. The number of hydrogen-bond donors (Lipinski definition) is 2. The lowest BCUT2D eigenvalue weighted by atomic mass is 9.48. The van der Waals surface area contributed by atoms with E-state index in [0.717, 1.165) is 24.3 Å². The average molecular weight is 247 g/mol. The Hall–Kier alpha value is -1.06. The lowest BCUT2D eigenvalue weighted by molar-refractivity contribution is -0.140. The van der Waals surface area contributed by atoms with E-state index in [1.54, 1.807) is 0 Å². The Morgan fingerprint density at radius 3 is 2.33 bits per heavy atom. The van der Waals surface area contributed by atoms with Gasteiger partial charge in [0.15, 0.2) is 5.96 Å². The smallest absolute Gasteiger partial charge is 0.252 e. The van der Waals surface area contributed by atoms with Gasteiger partial charge in [-0.25, -0.2) is 0 Å². The summed E-state index contributed by atoms with van der Waals surface area (Å²) in [6, 6.07) is 0. The molecule has 0 aromatic carbocycles. The minimum Gasteiger partial charge on any atom is -0.341 e. The summed E-state index contributed by atoms with van der Waals surface area (Å²) in [5.74, 6) is 3.77. The van der Waals surface area contributed by atoms with Crippen LogP contribution in [0.2, 0.25) is 0 Å². The molecule has 0 atom stereocenters. The van der Waals surface area contributed by atoms with Gasteiger partial charge < -0.3 is 5.32 Å². The molecule has 1 saturated heterocycles. The topological polar surface area (TPSA) is 53.5 Å². The van der Waals surface area contributed by atoms with Crippen LogP contribution in [-0.2, 0) is 4.79 Å². The fourth-order valence-corrected chi connectivity index (χ4v) is 5.23. The Morgan fingerprint density at radius 1 is 1.17 bits per heavy atom. The molecular weight excluding hydrogens is 226 g/mol. The van der Waals surface area contributed by atoms with Crippen LogP contribution in [0, 0.1) is 23.7 Å². The van der Waals surface area contributed by atoms with Crippen LogP contribution in [-0.4, -0.2) is 24.0 Å². The maximum atomic E-state index is 12.5. The van der Waals surface area contributed by atoms with E-state index in [1.165, 1.54) is 32.1 Å². The van der Waals surface area contributed by atoms with Crippen molar-refractivity contribution in [3.63, 3.8) is 0 Å². The zero-order chi connectivity index (χ0) is 12.3. The molecule has 5 aliphatic rings. The van der Waals surface area contributed by atoms with E-state index in [9.17, 15) is 4.79 Å². The molecule has 0 unspecified atom stereocenters. The van der Waals surface area contributed by atoms with Gasteiger partial charge in [0.05, 0.1) is 0 Å². The summed E-state index contributed by atoms with van der Waals surface area (Å²) in [4.78, 5) is 16.9. The molecule has 1 spiro atoms. The van der Waals surface area contributed by atoms with E-state index in [1.807, 2.05) is 6.92 Å². The highest BCUT2D eigenvalue weighted by Crippen LogP contribution is 2.58. The SMILES string of the molecule is CCN=C1NC(=O)C2(N1)C1CC3CC(C1)CC2C3. The summed E-state index contributed by atoms with van der Waals surface area (Å²) in [5.41, 5.74) is -0.304. The average Bonchev–Trinajstić information content (AvgIpc) is 2.64.